The Hall–Kier alpha value is -0.410. The fraction of sp³-hybridized carbons (Fsp3) is 0.583. The largest absolute Gasteiger partial charge is 0.301 e. The van der Waals surface area contributed by atoms with E-state index in [1.54, 1.807) is 0 Å². The van der Waals surface area contributed by atoms with Crippen LogP contribution in [0.2, 0.25) is 0 Å². The van der Waals surface area contributed by atoms with Crippen molar-refractivity contribution in [2.75, 3.05) is 13.6 Å². The molecule has 0 aliphatic rings. The van der Waals surface area contributed by atoms with E-state index in [0.29, 0.717) is 0 Å². The molecule has 15 heavy (non-hydrogen) atoms. The van der Waals surface area contributed by atoms with E-state index >= 15 is 0 Å². The SMILES string of the molecule is CC(C)CCN(C)Cc1ccc(Br)cn1. The van der Waals surface area contributed by atoms with E-state index in [4.69, 9.17) is 0 Å². The second-order valence-electron chi connectivity index (χ2n) is 4.39. The third kappa shape index (κ3) is 5.28. The molecule has 2 nitrogen and oxygen atoms in total. The van der Waals surface area contributed by atoms with Crippen molar-refractivity contribution in [2.24, 2.45) is 5.92 Å². The summed E-state index contributed by atoms with van der Waals surface area (Å²) in [6.45, 7) is 6.58. The second-order valence-corrected chi connectivity index (χ2v) is 5.30. The van der Waals surface area contributed by atoms with E-state index in [9.17, 15) is 0 Å². The lowest BCUT2D eigenvalue weighted by atomic mass is 10.1. The highest BCUT2D eigenvalue weighted by molar-refractivity contribution is 9.10. The molecule has 0 N–H and O–H groups in total. The van der Waals surface area contributed by atoms with E-state index in [1.807, 2.05) is 12.3 Å². The van der Waals surface area contributed by atoms with Gasteiger partial charge < -0.3 is 4.90 Å². The standard InChI is InChI=1S/C12H19BrN2/c1-10(2)6-7-15(3)9-12-5-4-11(13)8-14-12/h4-5,8,10H,6-7,9H2,1-3H3. The number of nitrogens with zero attached hydrogens (tertiary/aromatic N) is 2. The Labute approximate surface area is 101 Å². The van der Waals surface area contributed by atoms with Gasteiger partial charge in [-0.2, -0.15) is 0 Å². The summed E-state index contributed by atoms with van der Waals surface area (Å²) in [7, 11) is 2.14. The number of hydrogen-bond acceptors (Lipinski definition) is 2. The lowest BCUT2D eigenvalue weighted by molar-refractivity contribution is 0.300. The molecule has 0 radical (unpaired) electrons. The number of aromatic nitrogens is 1. The van der Waals surface area contributed by atoms with Gasteiger partial charge in [0, 0.05) is 17.2 Å². The minimum absolute atomic E-state index is 0.769. The van der Waals surface area contributed by atoms with Crippen molar-refractivity contribution in [2.45, 2.75) is 26.8 Å². The molecule has 1 heterocycles. The predicted molar refractivity (Wildman–Crippen MR) is 67.7 cm³/mol. The van der Waals surface area contributed by atoms with Gasteiger partial charge in [-0.3, -0.25) is 4.98 Å². The molecule has 0 bridgehead atoms. The fourth-order valence-corrected chi connectivity index (χ4v) is 1.57. The zero-order chi connectivity index (χ0) is 11.3. The van der Waals surface area contributed by atoms with E-state index in [-0.39, 0.29) is 0 Å². The maximum Gasteiger partial charge on any atom is 0.0544 e. The van der Waals surface area contributed by atoms with Gasteiger partial charge in [0.25, 0.3) is 0 Å². The van der Waals surface area contributed by atoms with Crippen LogP contribution in [0.5, 0.6) is 0 Å². The molecule has 0 aliphatic carbocycles. The Morgan fingerprint density at radius 2 is 2.13 bits per heavy atom. The maximum absolute atomic E-state index is 4.36. The quantitative estimate of drug-likeness (QED) is 0.816. The Kier molecular flexibility index (Phi) is 5.26. The van der Waals surface area contributed by atoms with Crippen molar-refractivity contribution < 1.29 is 0 Å². The van der Waals surface area contributed by atoms with Gasteiger partial charge in [-0.15, -0.1) is 0 Å². The molecule has 1 rings (SSSR count). The fourth-order valence-electron chi connectivity index (χ4n) is 1.33. The monoisotopic (exact) mass is 270 g/mol. The van der Waals surface area contributed by atoms with Crippen molar-refractivity contribution in [3.05, 3.63) is 28.5 Å². The van der Waals surface area contributed by atoms with Crippen molar-refractivity contribution in [3.8, 4) is 0 Å². The molecule has 3 heteroatoms. The minimum atomic E-state index is 0.769. The van der Waals surface area contributed by atoms with Crippen molar-refractivity contribution >= 4 is 15.9 Å². The van der Waals surface area contributed by atoms with Gasteiger partial charge in [0.2, 0.25) is 0 Å². The molecule has 0 fully saturated rings. The van der Waals surface area contributed by atoms with Gasteiger partial charge in [-0.25, -0.2) is 0 Å². The van der Waals surface area contributed by atoms with Crippen LogP contribution in [0, 0.1) is 5.92 Å². The van der Waals surface area contributed by atoms with E-state index in [2.05, 4.69) is 52.8 Å². The lowest BCUT2D eigenvalue weighted by Gasteiger charge is -2.17. The third-order valence-electron chi connectivity index (χ3n) is 2.31. The van der Waals surface area contributed by atoms with Crippen LogP contribution in [0.15, 0.2) is 22.8 Å². The molecule has 0 saturated carbocycles. The van der Waals surface area contributed by atoms with Gasteiger partial charge in [-0.1, -0.05) is 13.8 Å². The molecule has 0 unspecified atom stereocenters. The van der Waals surface area contributed by atoms with Gasteiger partial charge in [0.1, 0.15) is 0 Å². The molecule has 0 saturated heterocycles. The average Bonchev–Trinajstić information content (AvgIpc) is 2.19. The first-order valence-electron chi connectivity index (χ1n) is 5.37. The molecule has 0 aliphatic heterocycles. The first-order chi connectivity index (χ1) is 7.08. The summed E-state index contributed by atoms with van der Waals surface area (Å²) in [5.41, 5.74) is 1.13. The van der Waals surface area contributed by atoms with E-state index in [0.717, 1.165) is 29.2 Å². The van der Waals surface area contributed by atoms with Crippen LogP contribution in [0.1, 0.15) is 26.0 Å². The smallest absolute Gasteiger partial charge is 0.0544 e. The van der Waals surface area contributed by atoms with Crippen molar-refractivity contribution in [3.63, 3.8) is 0 Å². The Bertz CT molecular complexity index is 282. The zero-order valence-electron chi connectivity index (χ0n) is 9.70. The van der Waals surface area contributed by atoms with Gasteiger partial charge in [-0.05, 0) is 54.0 Å². The highest BCUT2D eigenvalue weighted by atomic mass is 79.9. The molecule has 1 aromatic rings. The predicted octanol–water partition coefficient (Wildman–Crippen LogP) is 3.32. The normalized spacial score (nSPS) is 11.3. The topological polar surface area (TPSA) is 16.1 Å². The molecule has 84 valence electrons. The van der Waals surface area contributed by atoms with Crippen LogP contribution < -0.4 is 0 Å². The van der Waals surface area contributed by atoms with Crippen LogP contribution in [0.4, 0.5) is 0 Å². The zero-order valence-corrected chi connectivity index (χ0v) is 11.3. The molecule has 1 aromatic heterocycles. The van der Waals surface area contributed by atoms with Crippen LogP contribution >= 0.6 is 15.9 Å². The minimum Gasteiger partial charge on any atom is -0.301 e. The summed E-state index contributed by atoms with van der Waals surface area (Å²) in [4.78, 5) is 6.67. The number of pyridine rings is 1. The van der Waals surface area contributed by atoms with Gasteiger partial charge >= 0.3 is 0 Å². The first kappa shape index (κ1) is 12.7. The summed E-state index contributed by atoms with van der Waals surface area (Å²) in [5, 5.41) is 0. The van der Waals surface area contributed by atoms with Crippen molar-refractivity contribution in [1.29, 1.82) is 0 Å². The summed E-state index contributed by atoms with van der Waals surface area (Å²) in [6.07, 6.45) is 3.10. The second kappa shape index (κ2) is 6.23. The highest BCUT2D eigenvalue weighted by Gasteiger charge is 2.02. The summed E-state index contributed by atoms with van der Waals surface area (Å²) in [5.74, 6) is 0.769. The average molecular weight is 271 g/mol. The van der Waals surface area contributed by atoms with E-state index < -0.39 is 0 Å². The summed E-state index contributed by atoms with van der Waals surface area (Å²) >= 11 is 3.39. The van der Waals surface area contributed by atoms with Crippen LogP contribution in [0.25, 0.3) is 0 Å². The third-order valence-corrected chi connectivity index (χ3v) is 2.78. The lowest BCUT2D eigenvalue weighted by Crippen LogP contribution is -2.20. The van der Waals surface area contributed by atoms with Crippen LogP contribution in [0.3, 0.4) is 0 Å². The molecule has 0 aromatic carbocycles. The molecule has 0 atom stereocenters. The maximum atomic E-state index is 4.36. The van der Waals surface area contributed by atoms with Crippen molar-refractivity contribution in [1.82, 2.24) is 9.88 Å². The Morgan fingerprint density at radius 1 is 1.40 bits per heavy atom. The van der Waals surface area contributed by atoms with Crippen LogP contribution in [-0.4, -0.2) is 23.5 Å². The molecular weight excluding hydrogens is 252 g/mol. The number of halogens is 1. The molecular formula is C12H19BrN2. The Balaban J connectivity index is 2.37. The van der Waals surface area contributed by atoms with Gasteiger partial charge in [0.05, 0.1) is 5.69 Å². The first-order valence-corrected chi connectivity index (χ1v) is 6.16. The summed E-state index contributed by atoms with van der Waals surface area (Å²) in [6, 6.07) is 4.11. The molecule has 0 spiro atoms. The van der Waals surface area contributed by atoms with Crippen LogP contribution in [-0.2, 0) is 6.54 Å². The van der Waals surface area contributed by atoms with E-state index in [1.165, 1.54) is 6.42 Å². The van der Waals surface area contributed by atoms with Gasteiger partial charge in [0.15, 0.2) is 0 Å². The summed E-state index contributed by atoms with van der Waals surface area (Å²) < 4.78 is 1.04. The number of rotatable bonds is 5. The highest BCUT2D eigenvalue weighted by Crippen LogP contribution is 2.09. The molecule has 0 amide bonds. The Morgan fingerprint density at radius 3 is 2.67 bits per heavy atom. The number of hydrogen-bond donors (Lipinski definition) is 0.